The summed E-state index contributed by atoms with van der Waals surface area (Å²) < 4.78 is 9.24. The first-order valence-corrected chi connectivity index (χ1v) is 19.2. The summed E-state index contributed by atoms with van der Waals surface area (Å²) in [6, 6.07) is 58.7. The van der Waals surface area contributed by atoms with Gasteiger partial charge in [0, 0.05) is 41.7 Å². The molecule has 12 rings (SSSR count). The predicted octanol–water partition coefficient (Wildman–Crippen LogP) is 15.1. The topological polar surface area (TPSA) is 13.1 Å². The molecule has 0 saturated carbocycles. The number of hydrogen-bond acceptors (Lipinski definition) is 2. The van der Waals surface area contributed by atoms with E-state index < -0.39 is 0 Å². The van der Waals surface area contributed by atoms with Crippen LogP contribution in [0, 0.1) is 0 Å². The van der Waals surface area contributed by atoms with Gasteiger partial charge in [-0.1, -0.05) is 123 Å². The quantitative estimate of drug-likeness (QED) is 0.164. The van der Waals surface area contributed by atoms with Gasteiger partial charge >= 0.3 is 0 Å². The summed E-state index contributed by atoms with van der Waals surface area (Å²) in [6.45, 7) is 4.69. The summed E-state index contributed by atoms with van der Waals surface area (Å²) in [5, 5.41) is 12.3. The van der Waals surface area contributed by atoms with Gasteiger partial charge in [0.1, 0.15) is 11.2 Å². The third-order valence-electron chi connectivity index (χ3n) is 12.1. The molecule has 2 heteroatoms. The summed E-state index contributed by atoms with van der Waals surface area (Å²) in [7, 11) is 0. The smallest absolute Gasteiger partial charge is 0.143 e. The maximum Gasteiger partial charge on any atom is 0.143 e. The molecule has 0 saturated heterocycles. The van der Waals surface area contributed by atoms with E-state index in [0.717, 1.165) is 21.9 Å². The Labute approximate surface area is 310 Å². The molecule has 0 N–H and O–H groups in total. The average Bonchev–Trinajstić information content (AvgIpc) is 3.84. The number of rotatable bonds is 2. The number of hydrogen-bond donors (Lipinski definition) is 0. The molecule has 0 unspecified atom stereocenters. The van der Waals surface area contributed by atoms with Gasteiger partial charge in [0.2, 0.25) is 0 Å². The highest BCUT2D eigenvalue weighted by Crippen LogP contribution is 2.50. The minimum absolute atomic E-state index is 0.0101. The molecule has 0 aliphatic heterocycles. The van der Waals surface area contributed by atoms with Crippen molar-refractivity contribution in [2.24, 2.45) is 0 Å². The van der Waals surface area contributed by atoms with Crippen molar-refractivity contribution >= 4 is 85.8 Å². The molecule has 0 fully saturated rings. The van der Waals surface area contributed by atoms with Crippen LogP contribution in [0.3, 0.4) is 0 Å². The zero-order chi connectivity index (χ0) is 35.0. The number of fused-ring (bicyclic) bond motifs is 16. The Kier molecular flexibility index (Phi) is 5.78. The normalized spacial score (nSPS) is 13.6. The van der Waals surface area contributed by atoms with Crippen LogP contribution in [0.4, 0.5) is 0 Å². The Balaban J connectivity index is 1.03. The molecule has 53 heavy (non-hydrogen) atoms. The molecule has 0 bridgehead atoms. The van der Waals surface area contributed by atoms with Crippen LogP contribution in [-0.2, 0) is 5.41 Å². The van der Waals surface area contributed by atoms with E-state index in [9.17, 15) is 0 Å². The second-order valence-corrected chi connectivity index (χ2v) is 16.3. The standard InChI is InChI=1S/C51H32OS/c1-51(2)44-13-7-5-11-35(44)41-26-30(16-22-45(41)51)32-18-24-48-43(28-32)42-27-31(17-23-47(42)53-48)29-15-19-38-40(25-29)34-10-4-3-9-33(34)37-20-21-39-36-12-6-8-14-46(36)52-50(39)49(37)38/h3-28H,1-2H3. The largest absolute Gasteiger partial charge is 0.455 e. The van der Waals surface area contributed by atoms with Crippen molar-refractivity contribution in [3.05, 3.63) is 169 Å². The van der Waals surface area contributed by atoms with Gasteiger partial charge in [-0.3, -0.25) is 0 Å². The average molecular weight is 693 g/mol. The maximum atomic E-state index is 6.61. The van der Waals surface area contributed by atoms with E-state index in [1.807, 2.05) is 17.4 Å². The Hall–Kier alpha value is -6.22. The minimum Gasteiger partial charge on any atom is -0.455 e. The van der Waals surface area contributed by atoms with E-state index >= 15 is 0 Å². The maximum absolute atomic E-state index is 6.61. The van der Waals surface area contributed by atoms with Crippen LogP contribution in [0.25, 0.3) is 108 Å². The summed E-state index contributed by atoms with van der Waals surface area (Å²) in [4.78, 5) is 0. The highest BCUT2D eigenvalue weighted by molar-refractivity contribution is 7.25. The third kappa shape index (κ3) is 4.02. The third-order valence-corrected chi connectivity index (χ3v) is 13.2. The van der Waals surface area contributed by atoms with Crippen LogP contribution in [0.1, 0.15) is 25.0 Å². The zero-order valence-corrected chi connectivity index (χ0v) is 30.1. The molecule has 9 aromatic carbocycles. The molecule has 1 nitrogen and oxygen atoms in total. The lowest BCUT2D eigenvalue weighted by Crippen LogP contribution is -2.14. The molecule has 0 spiro atoms. The van der Waals surface area contributed by atoms with Crippen molar-refractivity contribution in [3.63, 3.8) is 0 Å². The van der Waals surface area contributed by atoms with Gasteiger partial charge in [-0.05, 0) is 120 Å². The van der Waals surface area contributed by atoms with Crippen LogP contribution >= 0.6 is 11.3 Å². The molecular weight excluding hydrogens is 661 g/mol. The van der Waals surface area contributed by atoms with Gasteiger partial charge < -0.3 is 4.42 Å². The minimum atomic E-state index is 0.0101. The van der Waals surface area contributed by atoms with E-state index in [2.05, 4.69) is 166 Å². The fourth-order valence-electron chi connectivity index (χ4n) is 9.43. The van der Waals surface area contributed by atoms with Gasteiger partial charge in [0.25, 0.3) is 0 Å². The van der Waals surface area contributed by atoms with Crippen molar-refractivity contribution in [2.45, 2.75) is 19.3 Å². The molecule has 0 atom stereocenters. The van der Waals surface area contributed by atoms with Crippen molar-refractivity contribution in [3.8, 4) is 33.4 Å². The second-order valence-electron chi connectivity index (χ2n) is 15.2. The van der Waals surface area contributed by atoms with Crippen LogP contribution in [0.15, 0.2) is 162 Å². The molecule has 11 aromatic rings. The van der Waals surface area contributed by atoms with E-state index in [4.69, 9.17) is 4.42 Å². The monoisotopic (exact) mass is 692 g/mol. The summed E-state index contributed by atoms with van der Waals surface area (Å²) >= 11 is 1.88. The van der Waals surface area contributed by atoms with Crippen molar-refractivity contribution < 1.29 is 4.42 Å². The molecule has 2 heterocycles. The fourth-order valence-corrected chi connectivity index (χ4v) is 10.5. The van der Waals surface area contributed by atoms with E-state index in [0.29, 0.717) is 0 Å². The highest BCUT2D eigenvalue weighted by atomic mass is 32.1. The molecule has 1 aliphatic rings. The number of thiophene rings is 1. The van der Waals surface area contributed by atoms with E-state index in [-0.39, 0.29) is 5.41 Å². The first-order valence-electron chi connectivity index (χ1n) is 18.4. The lowest BCUT2D eigenvalue weighted by Gasteiger charge is -2.21. The van der Waals surface area contributed by atoms with Crippen molar-refractivity contribution in [2.75, 3.05) is 0 Å². The van der Waals surface area contributed by atoms with Crippen LogP contribution < -0.4 is 0 Å². The molecule has 1 aliphatic carbocycles. The van der Waals surface area contributed by atoms with Gasteiger partial charge in [-0.2, -0.15) is 0 Å². The van der Waals surface area contributed by atoms with E-state index in [1.165, 1.54) is 97.0 Å². The molecule has 0 radical (unpaired) electrons. The zero-order valence-electron chi connectivity index (χ0n) is 29.3. The second kappa shape index (κ2) is 10.4. The summed E-state index contributed by atoms with van der Waals surface area (Å²) in [5.74, 6) is 0. The summed E-state index contributed by atoms with van der Waals surface area (Å²) in [5.41, 5.74) is 12.4. The predicted molar refractivity (Wildman–Crippen MR) is 228 cm³/mol. The first-order chi connectivity index (χ1) is 26.0. The van der Waals surface area contributed by atoms with E-state index in [1.54, 1.807) is 0 Å². The van der Waals surface area contributed by atoms with Gasteiger partial charge in [-0.15, -0.1) is 11.3 Å². The van der Waals surface area contributed by atoms with Gasteiger partial charge in [0.15, 0.2) is 0 Å². The Morgan fingerprint density at radius 3 is 1.70 bits per heavy atom. The molecular formula is C51H32OS. The lowest BCUT2D eigenvalue weighted by atomic mass is 9.82. The van der Waals surface area contributed by atoms with Gasteiger partial charge in [0.05, 0.1) is 0 Å². The number of benzene rings is 9. The summed E-state index contributed by atoms with van der Waals surface area (Å²) in [6.07, 6.45) is 0. The Morgan fingerprint density at radius 2 is 0.925 bits per heavy atom. The van der Waals surface area contributed by atoms with Crippen molar-refractivity contribution in [1.29, 1.82) is 0 Å². The molecule has 248 valence electrons. The van der Waals surface area contributed by atoms with Crippen LogP contribution in [0.5, 0.6) is 0 Å². The SMILES string of the molecule is CC1(C)c2ccccc2-c2cc(-c3ccc4sc5ccc(-c6ccc7c(c6)c6ccccc6c6ccc8c9ccccc9oc8c67)cc5c4c3)ccc21. The first kappa shape index (κ1) is 29.4. The van der Waals surface area contributed by atoms with Gasteiger partial charge in [-0.25, -0.2) is 0 Å². The molecule has 2 aromatic heterocycles. The Bertz CT molecular complexity index is 3370. The van der Waals surface area contributed by atoms with Crippen molar-refractivity contribution in [1.82, 2.24) is 0 Å². The number of furan rings is 1. The lowest BCUT2D eigenvalue weighted by molar-refractivity contribution is 0.660. The fraction of sp³-hybridized carbons (Fsp3) is 0.0588. The van der Waals surface area contributed by atoms with Crippen LogP contribution in [-0.4, -0.2) is 0 Å². The Morgan fingerprint density at radius 1 is 0.396 bits per heavy atom. The highest BCUT2D eigenvalue weighted by Gasteiger charge is 2.35. The number of para-hydroxylation sites is 1. The molecule has 0 amide bonds. The van der Waals surface area contributed by atoms with Crippen LogP contribution in [0.2, 0.25) is 0 Å².